The molecule has 0 radical (unpaired) electrons. The molecule has 2 atom stereocenters. The van der Waals surface area contributed by atoms with Crippen LogP contribution in [0.5, 0.6) is 0 Å². The van der Waals surface area contributed by atoms with E-state index in [0.29, 0.717) is 24.0 Å². The van der Waals surface area contributed by atoms with Crippen LogP contribution in [0.4, 0.5) is 8.78 Å². The predicted octanol–water partition coefficient (Wildman–Crippen LogP) is 2.87. The molecule has 0 saturated heterocycles. The molecule has 1 aliphatic rings. The Morgan fingerprint density at radius 1 is 1.32 bits per heavy atom. The maximum Gasteiger partial charge on any atom is 0.136 e. The molecule has 1 aliphatic carbocycles. The van der Waals surface area contributed by atoms with E-state index in [1.54, 1.807) is 0 Å². The average molecular weight is 287 g/mol. The fraction of sp³-hybridized carbons (Fsp3) is 0.571. The second kappa shape index (κ2) is 5.38. The molecule has 0 heterocycles. The Kier molecular flexibility index (Phi) is 4.18. The molecule has 0 aromatic heterocycles. The lowest BCUT2D eigenvalue weighted by atomic mass is 9.88. The maximum absolute atomic E-state index is 13.6. The zero-order valence-electron chi connectivity index (χ0n) is 11.4. The van der Waals surface area contributed by atoms with Crippen molar-refractivity contribution in [3.63, 3.8) is 0 Å². The molecule has 0 aliphatic heterocycles. The molecule has 0 unspecified atom stereocenters. The Morgan fingerprint density at radius 3 is 2.63 bits per heavy atom. The Hall–Kier alpha value is -0.650. The zero-order chi connectivity index (χ0) is 14.2. The van der Waals surface area contributed by atoms with Crippen LogP contribution in [0, 0.1) is 11.6 Å². The molecule has 19 heavy (non-hydrogen) atoms. The summed E-state index contributed by atoms with van der Waals surface area (Å²) in [6.45, 7) is 5.69. The molecule has 1 aromatic rings. The van der Waals surface area contributed by atoms with Crippen molar-refractivity contribution >= 4 is 11.4 Å². The van der Waals surface area contributed by atoms with Crippen LogP contribution in [0.1, 0.15) is 38.3 Å². The molecule has 0 bridgehead atoms. The van der Waals surface area contributed by atoms with E-state index in [0.717, 1.165) is 12.5 Å². The van der Waals surface area contributed by atoms with E-state index < -0.39 is 23.0 Å². The quantitative estimate of drug-likeness (QED) is 0.849. The molecule has 2 nitrogen and oxygen atoms in total. The number of hydrogen-bond donors (Lipinski definition) is 1. The van der Waals surface area contributed by atoms with Gasteiger partial charge in [0.25, 0.3) is 0 Å². The van der Waals surface area contributed by atoms with Gasteiger partial charge in [0, 0.05) is 17.4 Å². The van der Waals surface area contributed by atoms with Gasteiger partial charge in [0.15, 0.2) is 0 Å². The summed E-state index contributed by atoms with van der Waals surface area (Å²) in [6, 6.07) is 2.32. The summed E-state index contributed by atoms with van der Waals surface area (Å²) < 4.78 is 41.6. The Bertz CT molecular complexity index is 473. The fourth-order valence-electron chi connectivity index (χ4n) is 2.23. The molecule has 1 N–H and O–H groups in total. The second-order valence-corrected chi connectivity index (χ2v) is 7.96. The van der Waals surface area contributed by atoms with Gasteiger partial charge in [0.2, 0.25) is 0 Å². The first-order valence-corrected chi connectivity index (χ1v) is 7.57. The van der Waals surface area contributed by atoms with Crippen LogP contribution in [0.2, 0.25) is 0 Å². The average Bonchev–Trinajstić information content (AvgIpc) is 2.26. The molecule has 0 fully saturated rings. The fourth-order valence-corrected chi connectivity index (χ4v) is 3.09. The SMILES string of the molecule is CC(C)(C)[S@@+]([O-])N[C@H]1CCc2c(F)cc(F)cc2C1. The van der Waals surface area contributed by atoms with Crippen molar-refractivity contribution in [2.45, 2.75) is 50.8 Å². The van der Waals surface area contributed by atoms with Crippen molar-refractivity contribution in [2.75, 3.05) is 0 Å². The third kappa shape index (κ3) is 3.46. The molecule has 0 saturated carbocycles. The van der Waals surface area contributed by atoms with Crippen molar-refractivity contribution in [3.8, 4) is 0 Å². The number of nitrogens with one attached hydrogen (secondary N) is 1. The van der Waals surface area contributed by atoms with E-state index in [9.17, 15) is 13.3 Å². The summed E-state index contributed by atoms with van der Waals surface area (Å²) in [7, 11) is 0. The van der Waals surface area contributed by atoms with Gasteiger partial charge in [-0.2, -0.15) is 0 Å². The van der Waals surface area contributed by atoms with Crippen molar-refractivity contribution in [2.24, 2.45) is 0 Å². The number of fused-ring (bicyclic) bond motifs is 1. The topological polar surface area (TPSA) is 35.1 Å². The molecular formula is C14H19F2NOS. The molecule has 106 valence electrons. The number of halogens is 2. The highest BCUT2D eigenvalue weighted by molar-refractivity contribution is 7.90. The van der Waals surface area contributed by atoms with Gasteiger partial charge in [-0.05, 0) is 57.2 Å². The van der Waals surface area contributed by atoms with Crippen molar-refractivity contribution < 1.29 is 13.3 Å². The summed E-state index contributed by atoms with van der Waals surface area (Å²) in [6.07, 6.45) is 1.80. The first kappa shape index (κ1) is 14.8. The van der Waals surface area contributed by atoms with E-state index in [4.69, 9.17) is 0 Å². The normalized spacial score (nSPS) is 21.1. The van der Waals surface area contributed by atoms with Crippen LogP contribution in [0.15, 0.2) is 12.1 Å². The van der Waals surface area contributed by atoms with Crippen LogP contribution < -0.4 is 4.72 Å². The predicted molar refractivity (Wildman–Crippen MR) is 73.2 cm³/mol. The largest absolute Gasteiger partial charge is 0.598 e. The van der Waals surface area contributed by atoms with Crippen LogP contribution in [-0.4, -0.2) is 15.3 Å². The van der Waals surface area contributed by atoms with Crippen molar-refractivity contribution in [1.29, 1.82) is 0 Å². The van der Waals surface area contributed by atoms with Gasteiger partial charge in [0.05, 0.1) is 6.04 Å². The van der Waals surface area contributed by atoms with Gasteiger partial charge in [-0.1, -0.05) is 0 Å². The highest BCUT2D eigenvalue weighted by Gasteiger charge is 2.31. The van der Waals surface area contributed by atoms with Gasteiger partial charge in [0.1, 0.15) is 16.4 Å². The second-order valence-electron chi connectivity index (χ2n) is 5.96. The summed E-state index contributed by atoms with van der Waals surface area (Å²) in [5, 5.41) is 0. The molecule has 1 aromatic carbocycles. The first-order valence-electron chi connectivity index (χ1n) is 6.42. The third-order valence-corrected chi connectivity index (χ3v) is 4.95. The minimum Gasteiger partial charge on any atom is -0.598 e. The standard InChI is InChI=1S/C14H19F2NOS/c1-14(2,3)19(18)17-11-4-5-12-9(7-11)6-10(15)8-13(12)16/h6,8,11,17H,4-5,7H2,1-3H3/t11-,19+/m0/s1. The van der Waals surface area contributed by atoms with Crippen LogP contribution in [-0.2, 0) is 24.2 Å². The van der Waals surface area contributed by atoms with Crippen LogP contribution in [0.3, 0.4) is 0 Å². The molecule has 0 amide bonds. The highest BCUT2D eigenvalue weighted by atomic mass is 32.2. The van der Waals surface area contributed by atoms with Crippen molar-refractivity contribution in [3.05, 3.63) is 34.9 Å². The van der Waals surface area contributed by atoms with E-state index in [1.807, 2.05) is 20.8 Å². The minimum atomic E-state index is -1.16. The lowest BCUT2D eigenvalue weighted by Gasteiger charge is -2.30. The molecule has 0 spiro atoms. The van der Waals surface area contributed by atoms with E-state index in [1.165, 1.54) is 6.07 Å². The number of hydrogen-bond acceptors (Lipinski definition) is 2. The van der Waals surface area contributed by atoms with Crippen molar-refractivity contribution in [1.82, 2.24) is 4.72 Å². The zero-order valence-corrected chi connectivity index (χ0v) is 12.2. The van der Waals surface area contributed by atoms with Crippen LogP contribution >= 0.6 is 0 Å². The molecular weight excluding hydrogens is 268 g/mol. The number of benzene rings is 1. The van der Waals surface area contributed by atoms with Gasteiger partial charge >= 0.3 is 0 Å². The van der Waals surface area contributed by atoms with Crippen LogP contribution in [0.25, 0.3) is 0 Å². The maximum atomic E-state index is 13.6. The summed E-state index contributed by atoms with van der Waals surface area (Å²) >= 11 is -1.16. The Morgan fingerprint density at radius 2 is 2.00 bits per heavy atom. The first-order chi connectivity index (χ1) is 8.77. The van der Waals surface area contributed by atoms with Gasteiger partial charge < -0.3 is 4.55 Å². The monoisotopic (exact) mass is 287 g/mol. The van der Waals surface area contributed by atoms with E-state index in [-0.39, 0.29) is 10.8 Å². The summed E-state index contributed by atoms with van der Waals surface area (Å²) in [5.41, 5.74) is 1.29. The van der Waals surface area contributed by atoms with Gasteiger partial charge in [-0.25, -0.2) is 8.78 Å². The molecule has 2 rings (SSSR count). The summed E-state index contributed by atoms with van der Waals surface area (Å²) in [5.74, 6) is -1.01. The smallest absolute Gasteiger partial charge is 0.136 e. The van der Waals surface area contributed by atoms with Gasteiger partial charge in [-0.15, -0.1) is 4.72 Å². The van der Waals surface area contributed by atoms with E-state index in [2.05, 4.69) is 4.72 Å². The Labute approximate surface area is 115 Å². The Balaban J connectivity index is 2.10. The number of rotatable bonds is 2. The third-order valence-electron chi connectivity index (χ3n) is 3.29. The lowest BCUT2D eigenvalue weighted by molar-refractivity contribution is 0.475. The molecule has 5 heteroatoms. The van der Waals surface area contributed by atoms with E-state index >= 15 is 0 Å². The lowest BCUT2D eigenvalue weighted by Crippen LogP contribution is -2.46. The highest BCUT2D eigenvalue weighted by Crippen LogP contribution is 2.26. The van der Waals surface area contributed by atoms with Gasteiger partial charge in [-0.3, -0.25) is 0 Å². The minimum absolute atomic E-state index is 0.00811. The summed E-state index contributed by atoms with van der Waals surface area (Å²) in [4.78, 5) is 0.